The van der Waals surface area contributed by atoms with Crippen molar-refractivity contribution in [2.45, 2.75) is 24.3 Å². The molecule has 0 bridgehead atoms. The first-order chi connectivity index (χ1) is 11.5. The maximum Gasteiger partial charge on any atom is 0.265 e. The van der Waals surface area contributed by atoms with Crippen LogP contribution in [0.3, 0.4) is 0 Å². The van der Waals surface area contributed by atoms with E-state index >= 15 is 0 Å². The maximum absolute atomic E-state index is 12.9. The monoisotopic (exact) mass is 348 g/mol. The zero-order valence-corrected chi connectivity index (χ0v) is 14.5. The van der Waals surface area contributed by atoms with Gasteiger partial charge in [-0.2, -0.15) is 0 Å². The summed E-state index contributed by atoms with van der Waals surface area (Å²) >= 11 is 0. The fourth-order valence-corrected chi connectivity index (χ4v) is 4.89. The van der Waals surface area contributed by atoms with Gasteiger partial charge in [0.05, 0.1) is 10.6 Å². The number of ether oxygens (including phenoxy) is 1. The van der Waals surface area contributed by atoms with E-state index in [1.54, 1.807) is 38.3 Å². The number of amides is 1. The lowest BCUT2D eigenvalue weighted by Gasteiger charge is -2.25. The highest BCUT2D eigenvalue weighted by molar-refractivity contribution is 7.93. The summed E-state index contributed by atoms with van der Waals surface area (Å²) in [5.74, 6) is -0.320. The molecule has 0 aliphatic carbocycles. The Balaban J connectivity index is 1.92. The highest BCUT2D eigenvalue weighted by Crippen LogP contribution is 2.43. The molecule has 24 heavy (non-hydrogen) atoms. The summed E-state index contributed by atoms with van der Waals surface area (Å²) in [4.78, 5) is 12.7. The number of rotatable bonds is 6. The van der Waals surface area contributed by atoms with Crippen molar-refractivity contribution in [1.82, 2.24) is 5.32 Å². The predicted octanol–water partition coefficient (Wildman–Crippen LogP) is 1.89. The lowest BCUT2D eigenvalue weighted by molar-refractivity contribution is -0.121. The molecule has 1 N–H and O–H groups in total. The zero-order chi connectivity index (χ0) is 17.3. The quantitative estimate of drug-likeness (QED) is 0.809. The first kappa shape index (κ1) is 16.7. The summed E-state index contributed by atoms with van der Waals surface area (Å²) in [5, 5.41) is 4.30. The average molecular weight is 348 g/mol. The van der Waals surface area contributed by atoms with Crippen LogP contribution in [0.5, 0.6) is 0 Å². The van der Waals surface area contributed by atoms with Gasteiger partial charge in [0.2, 0.25) is 5.91 Å². The number of methoxy groups -OCH3 is 1. The molecule has 0 radical (unpaired) electrons. The molecular formula is C17H20N2O4S. The van der Waals surface area contributed by atoms with Crippen molar-refractivity contribution < 1.29 is 17.9 Å². The molecule has 0 unspecified atom stereocenters. The molecule has 1 heterocycles. The number of nitrogens with zero attached hydrogens (tertiary/aromatic N) is 1. The first-order valence-corrected chi connectivity index (χ1v) is 9.25. The molecule has 7 heteroatoms. The summed E-state index contributed by atoms with van der Waals surface area (Å²) in [6, 6.07) is 9.77. The Kier molecular flexibility index (Phi) is 4.47. The number of hydrogen-bond acceptors (Lipinski definition) is 4. The second-order valence-corrected chi connectivity index (χ2v) is 7.53. The van der Waals surface area contributed by atoms with Crippen LogP contribution in [0.25, 0.3) is 10.8 Å². The molecule has 0 fully saturated rings. The fourth-order valence-electron chi connectivity index (χ4n) is 3.02. The third-order valence-electron chi connectivity index (χ3n) is 4.17. The molecule has 0 aromatic heterocycles. The van der Waals surface area contributed by atoms with Gasteiger partial charge in [0, 0.05) is 25.6 Å². The molecule has 1 aliphatic rings. The van der Waals surface area contributed by atoms with Crippen LogP contribution in [0.15, 0.2) is 41.3 Å². The second-order valence-electron chi connectivity index (χ2n) is 5.75. The minimum absolute atomic E-state index is 0.259. The normalized spacial score (nSPS) is 16.3. The van der Waals surface area contributed by atoms with Crippen LogP contribution in [0.1, 0.15) is 13.3 Å². The topological polar surface area (TPSA) is 75.7 Å². The Labute approximate surface area is 141 Å². The van der Waals surface area contributed by atoms with E-state index in [1.807, 2.05) is 12.1 Å². The first-order valence-electron chi connectivity index (χ1n) is 7.81. The molecule has 2 aromatic rings. The Morgan fingerprint density at radius 2 is 1.96 bits per heavy atom. The second kappa shape index (κ2) is 6.41. The van der Waals surface area contributed by atoms with E-state index in [0.29, 0.717) is 30.6 Å². The summed E-state index contributed by atoms with van der Waals surface area (Å²) in [6.45, 7) is 2.59. The van der Waals surface area contributed by atoms with E-state index in [9.17, 15) is 13.2 Å². The van der Waals surface area contributed by atoms with Gasteiger partial charge >= 0.3 is 0 Å². The number of carbonyl (C=O) groups excluding carboxylic acids is 1. The van der Waals surface area contributed by atoms with Crippen molar-refractivity contribution in [3.63, 3.8) is 0 Å². The molecule has 1 atom stereocenters. The van der Waals surface area contributed by atoms with Gasteiger partial charge in [-0.1, -0.05) is 24.3 Å². The van der Waals surface area contributed by atoms with Crippen molar-refractivity contribution in [2.24, 2.45) is 0 Å². The SMILES string of the molecule is COCCCNC(=O)[C@H](C)N1c2cccc3cccc(c23)S1(=O)=O. The number of anilines is 1. The summed E-state index contributed by atoms with van der Waals surface area (Å²) < 4.78 is 32.0. The van der Waals surface area contributed by atoms with Gasteiger partial charge in [-0.05, 0) is 30.9 Å². The number of hydrogen-bond donors (Lipinski definition) is 1. The van der Waals surface area contributed by atoms with Crippen LogP contribution < -0.4 is 9.62 Å². The van der Waals surface area contributed by atoms with Crippen molar-refractivity contribution in [1.29, 1.82) is 0 Å². The van der Waals surface area contributed by atoms with Gasteiger partial charge in [0.1, 0.15) is 6.04 Å². The summed E-state index contributed by atoms with van der Waals surface area (Å²) in [7, 11) is -2.13. The Hall–Kier alpha value is -2.12. The van der Waals surface area contributed by atoms with Gasteiger partial charge in [-0.15, -0.1) is 0 Å². The smallest absolute Gasteiger partial charge is 0.265 e. The molecule has 6 nitrogen and oxygen atoms in total. The van der Waals surface area contributed by atoms with Gasteiger partial charge in [-0.25, -0.2) is 8.42 Å². The Bertz CT molecular complexity index is 874. The summed E-state index contributed by atoms with van der Waals surface area (Å²) in [6.07, 6.45) is 0.678. The highest BCUT2D eigenvalue weighted by atomic mass is 32.2. The van der Waals surface area contributed by atoms with Gasteiger partial charge in [-0.3, -0.25) is 9.10 Å². The molecule has 3 rings (SSSR count). The molecule has 0 saturated carbocycles. The lowest BCUT2D eigenvalue weighted by Crippen LogP contribution is -2.47. The molecule has 0 spiro atoms. The molecule has 1 amide bonds. The molecule has 1 aliphatic heterocycles. The molecule has 128 valence electrons. The lowest BCUT2D eigenvalue weighted by atomic mass is 10.1. The number of nitrogens with one attached hydrogen (secondary N) is 1. The minimum Gasteiger partial charge on any atom is -0.385 e. The van der Waals surface area contributed by atoms with Gasteiger partial charge in [0.15, 0.2) is 0 Å². The molecular weight excluding hydrogens is 328 g/mol. The summed E-state index contributed by atoms with van der Waals surface area (Å²) in [5.41, 5.74) is 0.558. The molecule has 2 aromatic carbocycles. The third kappa shape index (κ3) is 2.63. The minimum atomic E-state index is -3.73. The van der Waals surface area contributed by atoms with E-state index < -0.39 is 16.1 Å². The fraction of sp³-hybridized carbons (Fsp3) is 0.353. The number of sulfonamides is 1. The average Bonchev–Trinajstić information content (AvgIpc) is 2.80. The predicted molar refractivity (Wildman–Crippen MR) is 92.6 cm³/mol. The van der Waals surface area contributed by atoms with E-state index in [4.69, 9.17) is 4.74 Å². The van der Waals surface area contributed by atoms with Crippen LogP contribution in [0.4, 0.5) is 5.69 Å². The zero-order valence-electron chi connectivity index (χ0n) is 13.7. The highest BCUT2D eigenvalue weighted by Gasteiger charge is 2.40. The third-order valence-corrected chi connectivity index (χ3v) is 6.10. The van der Waals surface area contributed by atoms with Crippen molar-refractivity contribution in [2.75, 3.05) is 24.6 Å². The Morgan fingerprint density at radius 3 is 2.67 bits per heavy atom. The number of carbonyl (C=O) groups is 1. The van der Waals surface area contributed by atoms with Crippen LogP contribution >= 0.6 is 0 Å². The van der Waals surface area contributed by atoms with E-state index in [0.717, 1.165) is 5.39 Å². The Morgan fingerprint density at radius 1 is 1.25 bits per heavy atom. The van der Waals surface area contributed by atoms with Gasteiger partial charge in [0.25, 0.3) is 10.0 Å². The van der Waals surface area contributed by atoms with Gasteiger partial charge < -0.3 is 10.1 Å². The van der Waals surface area contributed by atoms with Crippen LogP contribution in [0, 0.1) is 0 Å². The maximum atomic E-state index is 12.9. The van der Waals surface area contributed by atoms with E-state index in [2.05, 4.69) is 5.32 Å². The van der Waals surface area contributed by atoms with Crippen LogP contribution in [-0.4, -0.2) is 40.6 Å². The van der Waals surface area contributed by atoms with E-state index in [-0.39, 0.29) is 10.8 Å². The van der Waals surface area contributed by atoms with E-state index in [1.165, 1.54) is 4.31 Å². The van der Waals surface area contributed by atoms with Crippen LogP contribution in [-0.2, 0) is 19.6 Å². The standard InChI is InChI=1S/C17H20N2O4S/c1-12(17(20)18-10-5-11-23-2)19-14-8-3-6-13-7-4-9-15(16(13)14)24(19,21)22/h3-4,6-9,12H,5,10-11H2,1-2H3,(H,18,20)/t12-/m0/s1. The van der Waals surface area contributed by atoms with Crippen molar-refractivity contribution >= 4 is 32.4 Å². The number of benzene rings is 2. The largest absolute Gasteiger partial charge is 0.385 e. The molecule has 0 saturated heterocycles. The van der Waals surface area contributed by atoms with Crippen LogP contribution in [0.2, 0.25) is 0 Å². The van der Waals surface area contributed by atoms with Crippen molar-refractivity contribution in [3.8, 4) is 0 Å². The van der Waals surface area contributed by atoms with Crippen molar-refractivity contribution in [3.05, 3.63) is 36.4 Å².